The molecule has 13 heteroatoms. The molecule has 5 N–H and O–H groups in total. The smallest absolute Gasteiger partial charge is 0.472 e. The van der Waals surface area contributed by atoms with E-state index in [4.69, 9.17) is 24.8 Å². The summed E-state index contributed by atoms with van der Waals surface area (Å²) in [6, 6.07) is -1.55. The first-order valence-corrected chi connectivity index (χ1v) is 22.2. The van der Waals surface area contributed by atoms with Gasteiger partial charge in [-0.05, 0) is 83.5 Å². The van der Waals surface area contributed by atoms with Crippen molar-refractivity contribution in [1.82, 2.24) is 0 Å². The fraction of sp³-hybridized carbons (Fsp3) is 0.614. The second-order valence-corrected chi connectivity index (χ2v) is 15.1. The molecule has 0 aromatic heterocycles. The standard InChI is InChI=1S/C44H72NO11P/c1-3-5-7-9-11-13-14-15-16-17-18-20-22-26-30-34-42(47)53-36-40(37-54-57(51,52)55-38-41(45)44(49)50)56-43(48)35-31-27-23-25-29-33-39(46)32-28-24-21-19-12-10-8-6-4-2/h11-13,15-16,18-20,23-25,28-29,33,39-41,46H,3-10,14,17,21-22,26-27,30-32,34-38,45H2,1-2H3,(H,49,50)(H,51,52)/b13-11-,16-15-,19-12-,20-18-,25-23+,28-24-,33-29-/t39?,40-,41+/m1/s1. The van der Waals surface area contributed by atoms with Gasteiger partial charge in [-0.1, -0.05) is 125 Å². The van der Waals surface area contributed by atoms with Gasteiger partial charge in [0.2, 0.25) is 0 Å². The van der Waals surface area contributed by atoms with E-state index in [1.54, 1.807) is 18.2 Å². The number of phosphoric ester groups is 1. The molecule has 12 nitrogen and oxygen atoms in total. The van der Waals surface area contributed by atoms with Crippen LogP contribution in [0, 0.1) is 0 Å². The average Bonchev–Trinajstić information content (AvgIpc) is 3.18. The van der Waals surface area contributed by atoms with E-state index in [-0.39, 0.29) is 12.8 Å². The molecule has 0 aromatic rings. The third-order valence-electron chi connectivity index (χ3n) is 8.20. The van der Waals surface area contributed by atoms with Gasteiger partial charge in [-0.15, -0.1) is 0 Å². The third-order valence-corrected chi connectivity index (χ3v) is 9.15. The number of rotatable bonds is 37. The number of ether oxygens (including phenoxy) is 2. The Hall–Kier alpha value is -3.38. The van der Waals surface area contributed by atoms with E-state index in [0.717, 1.165) is 44.9 Å². The molecule has 0 rings (SSSR count). The molecule has 0 aliphatic rings. The van der Waals surface area contributed by atoms with Crippen LogP contribution < -0.4 is 5.73 Å². The highest BCUT2D eigenvalue weighted by molar-refractivity contribution is 7.47. The van der Waals surface area contributed by atoms with Crippen molar-refractivity contribution < 1.29 is 52.6 Å². The first-order valence-electron chi connectivity index (χ1n) is 20.7. The first kappa shape index (κ1) is 53.6. The number of phosphoric acid groups is 1. The second-order valence-electron chi connectivity index (χ2n) is 13.6. The summed E-state index contributed by atoms with van der Waals surface area (Å²) >= 11 is 0. The number of carbonyl (C=O) groups is 3. The quantitative estimate of drug-likeness (QED) is 0.0153. The van der Waals surface area contributed by atoms with Crippen molar-refractivity contribution in [3.63, 3.8) is 0 Å². The van der Waals surface area contributed by atoms with E-state index >= 15 is 0 Å². The lowest BCUT2D eigenvalue weighted by molar-refractivity contribution is -0.161. The van der Waals surface area contributed by atoms with Crippen LogP contribution in [0.15, 0.2) is 85.1 Å². The highest BCUT2D eigenvalue weighted by Crippen LogP contribution is 2.43. The van der Waals surface area contributed by atoms with E-state index in [0.29, 0.717) is 25.7 Å². The SMILES string of the molecule is CCCCC/C=C\C/C=C\C/C=C\CCCCC(=O)OC[C@H](COP(=O)(O)OC[C@H](N)C(=O)O)OC(=O)CCC/C=C/C=C\C(O)C/C=C\C/C=C\CCCCC. The van der Waals surface area contributed by atoms with Gasteiger partial charge in [-0.25, -0.2) is 4.57 Å². The highest BCUT2D eigenvalue weighted by Gasteiger charge is 2.28. The summed E-state index contributed by atoms with van der Waals surface area (Å²) in [6.07, 6.45) is 42.6. The summed E-state index contributed by atoms with van der Waals surface area (Å²) in [7, 11) is -4.77. The number of carbonyl (C=O) groups excluding carboxylic acids is 2. The molecule has 0 aromatic carbocycles. The normalized spacial score (nSPS) is 15.2. The Balaban J connectivity index is 4.67. The zero-order valence-electron chi connectivity index (χ0n) is 34.5. The molecule has 0 bridgehead atoms. The molecule has 0 heterocycles. The number of carboxylic acid groups (broad SMARTS) is 1. The molecule has 0 amide bonds. The number of aliphatic carboxylic acids is 1. The fourth-order valence-corrected chi connectivity index (χ4v) is 5.63. The third kappa shape index (κ3) is 37.9. The molecule has 0 fully saturated rings. The minimum atomic E-state index is -4.77. The maximum Gasteiger partial charge on any atom is 0.472 e. The van der Waals surface area contributed by atoms with Crippen molar-refractivity contribution in [3.05, 3.63) is 85.1 Å². The van der Waals surface area contributed by atoms with Gasteiger partial charge < -0.3 is 30.3 Å². The van der Waals surface area contributed by atoms with Crippen LogP contribution in [0.3, 0.4) is 0 Å². The van der Waals surface area contributed by atoms with Gasteiger partial charge in [0.1, 0.15) is 12.6 Å². The van der Waals surface area contributed by atoms with Crippen LogP contribution in [0.5, 0.6) is 0 Å². The minimum Gasteiger partial charge on any atom is -0.480 e. The van der Waals surface area contributed by atoms with Gasteiger partial charge >= 0.3 is 25.7 Å². The summed E-state index contributed by atoms with van der Waals surface area (Å²) in [5, 5.41) is 19.0. The van der Waals surface area contributed by atoms with Crippen molar-refractivity contribution in [2.75, 3.05) is 19.8 Å². The lowest BCUT2D eigenvalue weighted by Gasteiger charge is -2.20. The van der Waals surface area contributed by atoms with Crippen LogP contribution in [-0.2, 0) is 37.5 Å². The minimum absolute atomic E-state index is 0.0131. The molecule has 4 atom stereocenters. The van der Waals surface area contributed by atoms with Crippen LogP contribution in [0.2, 0.25) is 0 Å². The summed E-state index contributed by atoms with van der Waals surface area (Å²) in [6.45, 7) is 2.53. The number of unbranched alkanes of at least 4 members (excludes halogenated alkanes) is 9. The molecule has 0 aliphatic carbocycles. The summed E-state index contributed by atoms with van der Waals surface area (Å²) in [4.78, 5) is 45.9. The predicted octanol–water partition coefficient (Wildman–Crippen LogP) is 9.69. The molecule has 57 heavy (non-hydrogen) atoms. The Morgan fingerprint density at radius 2 is 1.14 bits per heavy atom. The largest absolute Gasteiger partial charge is 0.480 e. The van der Waals surface area contributed by atoms with Crippen molar-refractivity contribution in [2.24, 2.45) is 5.73 Å². The van der Waals surface area contributed by atoms with Gasteiger partial charge in [-0.3, -0.25) is 23.4 Å². The van der Waals surface area contributed by atoms with Gasteiger partial charge in [0.25, 0.3) is 0 Å². The summed E-state index contributed by atoms with van der Waals surface area (Å²) in [5.74, 6) is -2.59. The van der Waals surface area contributed by atoms with Crippen molar-refractivity contribution in [3.8, 4) is 0 Å². The van der Waals surface area contributed by atoms with Crippen LogP contribution in [-0.4, -0.2) is 71.1 Å². The Kier molecular flexibility index (Phi) is 35.9. The van der Waals surface area contributed by atoms with Gasteiger partial charge in [0, 0.05) is 12.8 Å². The molecular formula is C44H72NO11P. The summed E-state index contributed by atoms with van der Waals surface area (Å²) in [5.41, 5.74) is 5.31. The lowest BCUT2D eigenvalue weighted by Crippen LogP contribution is -2.34. The topological polar surface area (TPSA) is 192 Å². The van der Waals surface area contributed by atoms with Gasteiger partial charge in [0.15, 0.2) is 6.10 Å². The van der Waals surface area contributed by atoms with Crippen LogP contribution in [0.25, 0.3) is 0 Å². The molecule has 0 saturated heterocycles. The van der Waals surface area contributed by atoms with E-state index in [2.05, 4.69) is 67.0 Å². The van der Waals surface area contributed by atoms with E-state index in [1.165, 1.54) is 38.5 Å². The van der Waals surface area contributed by atoms with Crippen LogP contribution in [0.1, 0.15) is 136 Å². The van der Waals surface area contributed by atoms with Crippen molar-refractivity contribution in [1.29, 1.82) is 0 Å². The maximum atomic E-state index is 12.6. The second kappa shape index (κ2) is 38.2. The van der Waals surface area contributed by atoms with E-state index < -0.39 is 63.8 Å². The Labute approximate surface area is 342 Å². The van der Waals surface area contributed by atoms with Gasteiger partial charge in [-0.2, -0.15) is 0 Å². The molecule has 0 radical (unpaired) electrons. The number of nitrogens with two attached hydrogens (primary N) is 1. The zero-order valence-corrected chi connectivity index (χ0v) is 35.4. The predicted molar refractivity (Wildman–Crippen MR) is 227 cm³/mol. The number of hydrogen-bond acceptors (Lipinski definition) is 10. The molecule has 0 saturated carbocycles. The number of aliphatic hydroxyl groups is 1. The maximum absolute atomic E-state index is 12.6. The molecule has 324 valence electrons. The number of carboxylic acids is 1. The molecule has 2 unspecified atom stereocenters. The van der Waals surface area contributed by atoms with Crippen LogP contribution in [0.4, 0.5) is 0 Å². The molecule has 0 aliphatic heterocycles. The van der Waals surface area contributed by atoms with Crippen LogP contribution >= 0.6 is 7.82 Å². The fourth-order valence-electron chi connectivity index (χ4n) is 4.85. The summed E-state index contributed by atoms with van der Waals surface area (Å²) < 4.78 is 32.5. The number of hydrogen-bond donors (Lipinski definition) is 4. The average molecular weight is 822 g/mol. The number of aliphatic hydroxyl groups excluding tert-OH is 1. The molecular weight excluding hydrogens is 749 g/mol. The molecule has 0 spiro atoms. The number of allylic oxidation sites excluding steroid dienone is 12. The van der Waals surface area contributed by atoms with Crippen molar-refractivity contribution in [2.45, 2.75) is 154 Å². The highest BCUT2D eigenvalue weighted by atomic mass is 31.2. The van der Waals surface area contributed by atoms with Gasteiger partial charge in [0.05, 0.1) is 19.3 Å². The lowest BCUT2D eigenvalue weighted by atomic mass is 10.1. The number of esters is 2. The Morgan fingerprint density at radius 1 is 0.632 bits per heavy atom. The Morgan fingerprint density at radius 3 is 1.72 bits per heavy atom. The monoisotopic (exact) mass is 821 g/mol. The van der Waals surface area contributed by atoms with E-state index in [9.17, 15) is 28.9 Å². The van der Waals surface area contributed by atoms with Crippen molar-refractivity contribution >= 4 is 25.7 Å². The van der Waals surface area contributed by atoms with E-state index in [1.807, 2.05) is 18.2 Å². The zero-order chi connectivity index (χ0) is 42.2. The Bertz CT molecular complexity index is 1300. The first-order chi connectivity index (χ1) is 27.5.